The van der Waals surface area contributed by atoms with Crippen molar-refractivity contribution in [3.8, 4) is 0 Å². The van der Waals surface area contributed by atoms with Crippen LogP contribution in [0.1, 0.15) is 32.3 Å². The summed E-state index contributed by atoms with van der Waals surface area (Å²) >= 11 is 0. The van der Waals surface area contributed by atoms with Crippen LogP contribution >= 0.6 is 0 Å². The molecule has 1 heterocycles. The van der Waals surface area contributed by atoms with Crippen molar-refractivity contribution in [2.24, 2.45) is 5.92 Å². The Bertz CT molecular complexity index is 434. The number of carbonyl (C=O) groups excluding carboxylic acids is 1. The summed E-state index contributed by atoms with van der Waals surface area (Å²) in [6.45, 7) is 6.90. The minimum Gasteiger partial charge on any atom is -0.342 e. The molecule has 3 heteroatoms. The third-order valence-electron chi connectivity index (χ3n) is 4.42. The number of hydrogen-bond acceptors (Lipinski definition) is 2. The van der Waals surface area contributed by atoms with Gasteiger partial charge in [0.2, 0.25) is 5.91 Å². The summed E-state index contributed by atoms with van der Waals surface area (Å²) in [6.07, 6.45) is 2.22. The van der Waals surface area contributed by atoms with E-state index in [1.54, 1.807) is 0 Å². The van der Waals surface area contributed by atoms with Gasteiger partial charge in [-0.1, -0.05) is 30.3 Å². The molecule has 1 aromatic rings. The molecule has 0 aliphatic carbocycles. The minimum absolute atomic E-state index is 0.256. The summed E-state index contributed by atoms with van der Waals surface area (Å²) in [5, 5.41) is 3.23. The highest BCUT2D eigenvalue weighted by molar-refractivity contribution is 5.87. The van der Waals surface area contributed by atoms with Gasteiger partial charge in [0, 0.05) is 13.1 Å². The van der Waals surface area contributed by atoms with Crippen molar-refractivity contribution < 1.29 is 4.79 Å². The lowest BCUT2D eigenvalue weighted by molar-refractivity contribution is -0.137. The second-order valence-electron chi connectivity index (χ2n) is 6.28. The Kier molecular flexibility index (Phi) is 4.81. The highest BCUT2D eigenvalue weighted by Crippen LogP contribution is 2.28. The third-order valence-corrected chi connectivity index (χ3v) is 4.42. The lowest BCUT2D eigenvalue weighted by atomic mass is 9.82. The van der Waals surface area contributed by atoms with Gasteiger partial charge < -0.3 is 10.2 Å². The van der Waals surface area contributed by atoms with Gasteiger partial charge in [-0.2, -0.15) is 0 Å². The van der Waals surface area contributed by atoms with Gasteiger partial charge >= 0.3 is 0 Å². The number of benzene rings is 1. The molecule has 1 aliphatic heterocycles. The first kappa shape index (κ1) is 15.0. The standard InChI is InChI=1S/C17H26N2O/c1-17(2,15-7-5-4-6-8-15)16(20)19-11-9-14(10-12-19)13-18-3/h4-8,14,18H,9-13H2,1-3H3. The molecule has 0 atom stereocenters. The van der Waals surface area contributed by atoms with Crippen LogP contribution in [0.4, 0.5) is 0 Å². The normalized spacial score (nSPS) is 17.2. The Morgan fingerprint density at radius 2 is 1.85 bits per heavy atom. The van der Waals surface area contributed by atoms with Crippen LogP contribution in [0.3, 0.4) is 0 Å². The zero-order valence-corrected chi connectivity index (χ0v) is 12.9. The molecule has 1 saturated heterocycles. The van der Waals surface area contributed by atoms with E-state index in [2.05, 4.69) is 5.32 Å². The zero-order chi connectivity index (χ0) is 14.6. The maximum Gasteiger partial charge on any atom is 0.232 e. The molecule has 0 saturated carbocycles. The molecule has 1 aliphatic rings. The molecular weight excluding hydrogens is 248 g/mol. The van der Waals surface area contributed by atoms with Gasteiger partial charge in [-0.25, -0.2) is 0 Å². The van der Waals surface area contributed by atoms with Crippen LogP contribution in [0.15, 0.2) is 30.3 Å². The Morgan fingerprint density at radius 1 is 1.25 bits per heavy atom. The predicted octanol–water partition coefficient (Wildman–Crippen LogP) is 2.42. The van der Waals surface area contributed by atoms with E-state index in [4.69, 9.17) is 0 Å². The molecule has 0 radical (unpaired) electrons. The Morgan fingerprint density at radius 3 is 2.40 bits per heavy atom. The van der Waals surface area contributed by atoms with Crippen molar-refractivity contribution >= 4 is 5.91 Å². The van der Waals surface area contributed by atoms with Gasteiger partial charge in [0.25, 0.3) is 0 Å². The van der Waals surface area contributed by atoms with Gasteiger partial charge in [-0.15, -0.1) is 0 Å². The van der Waals surface area contributed by atoms with E-state index in [1.165, 1.54) is 0 Å². The maximum atomic E-state index is 12.8. The lowest BCUT2D eigenvalue weighted by Crippen LogP contribution is -2.47. The second-order valence-corrected chi connectivity index (χ2v) is 6.28. The van der Waals surface area contributed by atoms with Crippen LogP contribution in [-0.2, 0) is 10.2 Å². The molecule has 0 spiro atoms. The molecule has 1 N–H and O–H groups in total. The van der Waals surface area contributed by atoms with Crippen LogP contribution in [0.5, 0.6) is 0 Å². The fourth-order valence-corrected chi connectivity index (χ4v) is 3.00. The van der Waals surface area contributed by atoms with Crippen molar-refractivity contribution in [2.75, 3.05) is 26.7 Å². The largest absolute Gasteiger partial charge is 0.342 e. The maximum absolute atomic E-state index is 12.8. The summed E-state index contributed by atoms with van der Waals surface area (Å²) in [6, 6.07) is 10.1. The van der Waals surface area contributed by atoms with Crippen molar-refractivity contribution in [1.82, 2.24) is 10.2 Å². The number of nitrogens with zero attached hydrogens (tertiary/aromatic N) is 1. The zero-order valence-electron chi connectivity index (χ0n) is 12.9. The van der Waals surface area contributed by atoms with Crippen LogP contribution in [0.25, 0.3) is 0 Å². The fraction of sp³-hybridized carbons (Fsp3) is 0.588. The van der Waals surface area contributed by atoms with Crippen molar-refractivity contribution in [2.45, 2.75) is 32.1 Å². The molecule has 2 rings (SSSR count). The number of hydrogen-bond donors (Lipinski definition) is 1. The van der Waals surface area contributed by atoms with Gasteiger partial charge in [0.1, 0.15) is 0 Å². The van der Waals surface area contributed by atoms with Gasteiger partial charge in [0.15, 0.2) is 0 Å². The molecule has 1 fully saturated rings. The second kappa shape index (κ2) is 6.40. The number of amides is 1. The van der Waals surface area contributed by atoms with E-state index in [9.17, 15) is 4.79 Å². The SMILES string of the molecule is CNCC1CCN(C(=O)C(C)(C)c2ccccc2)CC1. The Balaban J connectivity index is 2.01. The minimum atomic E-state index is -0.433. The number of piperidine rings is 1. The quantitative estimate of drug-likeness (QED) is 0.914. The summed E-state index contributed by atoms with van der Waals surface area (Å²) in [7, 11) is 2.00. The first-order chi connectivity index (χ1) is 9.55. The molecule has 3 nitrogen and oxygen atoms in total. The average molecular weight is 274 g/mol. The van der Waals surface area contributed by atoms with Crippen LogP contribution in [0.2, 0.25) is 0 Å². The molecule has 1 aromatic carbocycles. The van der Waals surface area contributed by atoms with E-state index in [1.807, 2.05) is 56.1 Å². The Hall–Kier alpha value is -1.35. The highest BCUT2D eigenvalue weighted by Gasteiger charge is 2.35. The average Bonchev–Trinajstić information content (AvgIpc) is 2.48. The van der Waals surface area contributed by atoms with Gasteiger partial charge in [-0.05, 0) is 51.8 Å². The number of carbonyl (C=O) groups is 1. The van der Waals surface area contributed by atoms with Crippen LogP contribution < -0.4 is 5.32 Å². The van der Waals surface area contributed by atoms with E-state index < -0.39 is 5.41 Å². The number of rotatable bonds is 4. The monoisotopic (exact) mass is 274 g/mol. The molecule has 110 valence electrons. The van der Waals surface area contributed by atoms with E-state index in [0.717, 1.165) is 38.0 Å². The fourth-order valence-electron chi connectivity index (χ4n) is 3.00. The number of likely N-dealkylation sites (tertiary alicyclic amines) is 1. The van der Waals surface area contributed by atoms with Crippen LogP contribution in [-0.4, -0.2) is 37.5 Å². The topological polar surface area (TPSA) is 32.3 Å². The smallest absolute Gasteiger partial charge is 0.232 e. The molecule has 1 amide bonds. The predicted molar refractivity (Wildman–Crippen MR) is 82.7 cm³/mol. The van der Waals surface area contributed by atoms with Gasteiger partial charge in [-0.3, -0.25) is 4.79 Å². The Labute approximate surface area is 122 Å². The van der Waals surface area contributed by atoms with Crippen molar-refractivity contribution in [3.05, 3.63) is 35.9 Å². The van der Waals surface area contributed by atoms with E-state index >= 15 is 0 Å². The van der Waals surface area contributed by atoms with Crippen LogP contribution in [0, 0.1) is 5.92 Å². The molecule has 0 aromatic heterocycles. The van der Waals surface area contributed by atoms with Gasteiger partial charge in [0.05, 0.1) is 5.41 Å². The van der Waals surface area contributed by atoms with Crippen molar-refractivity contribution in [3.63, 3.8) is 0 Å². The summed E-state index contributed by atoms with van der Waals surface area (Å²) < 4.78 is 0. The molecule has 0 unspecified atom stereocenters. The summed E-state index contributed by atoms with van der Waals surface area (Å²) in [5.41, 5.74) is 0.666. The lowest BCUT2D eigenvalue weighted by Gasteiger charge is -2.37. The molecule has 0 bridgehead atoms. The summed E-state index contributed by atoms with van der Waals surface area (Å²) in [4.78, 5) is 14.8. The van der Waals surface area contributed by atoms with E-state index in [-0.39, 0.29) is 5.91 Å². The number of nitrogens with one attached hydrogen (secondary N) is 1. The highest BCUT2D eigenvalue weighted by atomic mass is 16.2. The first-order valence-corrected chi connectivity index (χ1v) is 7.55. The third kappa shape index (κ3) is 3.21. The molecular formula is C17H26N2O. The van der Waals surface area contributed by atoms with Crippen molar-refractivity contribution in [1.29, 1.82) is 0 Å². The summed E-state index contributed by atoms with van der Waals surface area (Å²) in [5.74, 6) is 0.968. The van der Waals surface area contributed by atoms with E-state index in [0.29, 0.717) is 5.92 Å². The first-order valence-electron chi connectivity index (χ1n) is 7.55. The molecule has 20 heavy (non-hydrogen) atoms.